The Bertz CT molecular complexity index is 913. The summed E-state index contributed by atoms with van der Waals surface area (Å²) in [6, 6.07) is 5.27. The van der Waals surface area contributed by atoms with Crippen molar-refractivity contribution in [3.63, 3.8) is 0 Å². The third-order valence-corrected chi connectivity index (χ3v) is 6.31. The lowest BCUT2D eigenvalue weighted by Gasteiger charge is -2.20. The smallest absolute Gasteiger partial charge is 0.274 e. The summed E-state index contributed by atoms with van der Waals surface area (Å²) in [6.45, 7) is 3.44. The number of imidazole rings is 1. The van der Waals surface area contributed by atoms with Crippen molar-refractivity contribution in [2.24, 2.45) is 11.8 Å². The number of carbonyl (C=O) groups excluding carboxylic acids is 1. The average molecular weight is 399 g/mol. The summed E-state index contributed by atoms with van der Waals surface area (Å²) in [5, 5.41) is 3.34. The van der Waals surface area contributed by atoms with Gasteiger partial charge in [-0.25, -0.2) is 13.4 Å². The lowest BCUT2D eigenvalue weighted by Crippen LogP contribution is -2.33. The van der Waals surface area contributed by atoms with Crippen LogP contribution in [-0.4, -0.2) is 61.0 Å². The normalized spacial score (nSPS) is 23.3. The molecule has 0 saturated carbocycles. The maximum absolute atomic E-state index is 13.1. The molecule has 2 aromatic heterocycles. The van der Waals surface area contributed by atoms with Crippen LogP contribution in [0.3, 0.4) is 0 Å². The van der Waals surface area contributed by atoms with Gasteiger partial charge in [-0.2, -0.15) is 0 Å². The van der Waals surface area contributed by atoms with Crippen molar-refractivity contribution in [1.29, 1.82) is 0 Å². The van der Waals surface area contributed by atoms with Crippen molar-refractivity contribution in [2.45, 2.75) is 18.0 Å². The molecule has 4 rings (SSSR count). The fraction of sp³-hybridized carbons (Fsp3) is 0.529. The van der Waals surface area contributed by atoms with Gasteiger partial charge in [0.25, 0.3) is 5.91 Å². The van der Waals surface area contributed by atoms with Crippen LogP contribution in [0.4, 0.5) is 0 Å². The maximum Gasteiger partial charge on any atom is 0.274 e. The van der Waals surface area contributed by atoms with Gasteiger partial charge in [-0.15, -0.1) is 12.4 Å². The number of hydrogen-bond donors (Lipinski definition) is 1. The van der Waals surface area contributed by atoms with Gasteiger partial charge in [-0.1, -0.05) is 6.07 Å². The quantitative estimate of drug-likeness (QED) is 0.822. The molecule has 0 spiro atoms. The number of nitrogens with zero attached hydrogens (tertiary/aromatic N) is 3. The van der Waals surface area contributed by atoms with Crippen molar-refractivity contribution < 1.29 is 13.2 Å². The highest BCUT2D eigenvalue weighted by Crippen LogP contribution is 2.28. The molecule has 0 radical (unpaired) electrons. The molecule has 1 amide bonds. The number of likely N-dealkylation sites (tertiary alicyclic amines) is 1. The third kappa shape index (κ3) is 3.33. The highest BCUT2D eigenvalue weighted by Gasteiger charge is 2.33. The summed E-state index contributed by atoms with van der Waals surface area (Å²) < 4.78 is 25.5. The zero-order valence-corrected chi connectivity index (χ0v) is 16.2. The second kappa shape index (κ2) is 7.17. The molecule has 0 aliphatic carbocycles. The Morgan fingerprint density at radius 1 is 1.19 bits per heavy atom. The number of amides is 1. The first-order valence-corrected chi connectivity index (χ1v) is 10.5. The summed E-state index contributed by atoms with van der Waals surface area (Å²) in [7, 11) is -3.52. The molecule has 0 aromatic carbocycles. The number of fused-ring (bicyclic) bond motifs is 2. The van der Waals surface area contributed by atoms with E-state index in [1.165, 1.54) is 4.40 Å². The van der Waals surface area contributed by atoms with Crippen LogP contribution < -0.4 is 5.32 Å². The molecule has 2 fully saturated rings. The average Bonchev–Trinajstić information content (AvgIpc) is 3.13. The van der Waals surface area contributed by atoms with Gasteiger partial charge in [-0.3, -0.25) is 9.20 Å². The van der Waals surface area contributed by atoms with E-state index in [9.17, 15) is 13.2 Å². The molecule has 0 bridgehead atoms. The lowest BCUT2D eigenvalue weighted by atomic mass is 9.92. The molecule has 4 heterocycles. The second-order valence-electron chi connectivity index (χ2n) is 7.02. The molecule has 0 unspecified atom stereocenters. The summed E-state index contributed by atoms with van der Waals surface area (Å²) in [4.78, 5) is 19.1. The third-order valence-electron chi connectivity index (χ3n) is 5.36. The molecule has 142 valence electrons. The first-order chi connectivity index (χ1) is 11.9. The van der Waals surface area contributed by atoms with E-state index in [4.69, 9.17) is 0 Å². The minimum atomic E-state index is -3.52. The fourth-order valence-corrected chi connectivity index (χ4v) is 4.77. The topological polar surface area (TPSA) is 83.8 Å². The standard InChI is InChI=1S/C17H22N4O3S.ClH/c1-25(23,24)17-19-15(14-4-2-3-7-21(14)17)16(22)20-8-5-12-10-18-11-13(12)6-9-20;/h2-4,7,12-13,18H,5-6,8-11H2,1H3;1H/t12-,13+;. The Balaban J connectivity index is 0.00000196. The number of rotatable bonds is 2. The number of halogens is 1. The van der Waals surface area contributed by atoms with Crippen molar-refractivity contribution in [1.82, 2.24) is 19.6 Å². The van der Waals surface area contributed by atoms with E-state index < -0.39 is 9.84 Å². The predicted octanol–water partition coefficient (Wildman–Crippen LogP) is 1.23. The van der Waals surface area contributed by atoms with E-state index in [1.54, 1.807) is 24.4 Å². The number of hydrogen-bond acceptors (Lipinski definition) is 5. The minimum absolute atomic E-state index is 0. The summed E-state index contributed by atoms with van der Waals surface area (Å²) in [6.07, 6.45) is 4.71. The Hall–Kier alpha value is -1.64. The van der Waals surface area contributed by atoms with Gasteiger partial charge in [0.05, 0.1) is 5.52 Å². The van der Waals surface area contributed by atoms with Gasteiger partial charge in [0.1, 0.15) is 0 Å². The molecule has 2 aliphatic rings. The second-order valence-corrected chi connectivity index (χ2v) is 8.93. The van der Waals surface area contributed by atoms with E-state index in [0.29, 0.717) is 30.4 Å². The van der Waals surface area contributed by atoms with Crippen molar-refractivity contribution in [2.75, 3.05) is 32.4 Å². The molecule has 2 saturated heterocycles. The van der Waals surface area contributed by atoms with Gasteiger partial charge < -0.3 is 10.2 Å². The van der Waals surface area contributed by atoms with E-state index in [1.807, 2.05) is 4.90 Å². The molecule has 2 aliphatic heterocycles. The van der Waals surface area contributed by atoms with Crippen molar-refractivity contribution in [3.05, 3.63) is 30.1 Å². The zero-order chi connectivity index (χ0) is 17.6. The maximum atomic E-state index is 13.1. The molecule has 2 atom stereocenters. The SMILES string of the molecule is CS(=O)(=O)c1nc(C(=O)N2CC[C@@H]3CNC[C@@H]3CC2)c2ccccn12.Cl. The van der Waals surface area contributed by atoms with Crippen LogP contribution in [0.5, 0.6) is 0 Å². The number of nitrogens with one attached hydrogen (secondary N) is 1. The molecule has 26 heavy (non-hydrogen) atoms. The van der Waals surface area contributed by atoms with Crippen LogP contribution in [0.15, 0.2) is 29.6 Å². The van der Waals surface area contributed by atoms with Crippen LogP contribution in [0, 0.1) is 11.8 Å². The first-order valence-electron chi connectivity index (χ1n) is 8.62. The van der Waals surface area contributed by atoms with E-state index in [0.717, 1.165) is 32.2 Å². The highest BCUT2D eigenvalue weighted by atomic mass is 35.5. The highest BCUT2D eigenvalue weighted by molar-refractivity contribution is 7.90. The summed E-state index contributed by atoms with van der Waals surface area (Å²) in [5.41, 5.74) is 0.769. The van der Waals surface area contributed by atoms with Gasteiger partial charge in [0.2, 0.25) is 15.0 Å². The monoisotopic (exact) mass is 398 g/mol. The summed E-state index contributed by atoms with van der Waals surface area (Å²) in [5.74, 6) is 1.08. The van der Waals surface area contributed by atoms with Crippen LogP contribution in [0.2, 0.25) is 0 Å². The molecule has 2 aromatic rings. The van der Waals surface area contributed by atoms with E-state index in [-0.39, 0.29) is 29.2 Å². The molecule has 7 nitrogen and oxygen atoms in total. The lowest BCUT2D eigenvalue weighted by molar-refractivity contribution is 0.0755. The number of sulfone groups is 1. The van der Waals surface area contributed by atoms with Crippen molar-refractivity contribution >= 4 is 33.7 Å². The molecular weight excluding hydrogens is 376 g/mol. The number of pyridine rings is 1. The van der Waals surface area contributed by atoms with Gasteiger partial charge in [0, 0.05) is 25.5 Å². The molecular formula is C17H23ClN4O3S. The van der Waals surface area contributed by atoms with E-state index in [2.05, 4.69) is 10.3 Å². The Morgan fingerprint density at radius 3 is 2.46 bits per heavy atom. The predicted molar refractivity (Wildman–Crippen MR) is 101 cm³/mol. The van der Waals surface area contributed by atoms with Gasteiger partial charge in [-0.05, 0) is 49.9 Å². The van der Waals surface area contributed by atoms with Crippen LogP contribution >= 0.6 is 12.4 Å². The first kappa shape index (κ1) is 19.1. The number of carbonyl (C=O) groups is 1. The van der Waals surface area contributed by atoms with Crippen molar-refractivity contribution in [3.8, 4) is 0 Å². The molecule has 1 N–H and O–H groups in total. The number of aromatic nitrogens is 2. The van der Waals surface area contributed by atoms with Gasteiger partial charge in [0.15, 0.2) is 5.69 Å². The fourth-order valence-electron chi connectivity index (χ4n) is 4.00. The molecule has 9 heteroatoms. The van der Waals surface area contributed by atoms with Crippen LogP contribution in [0.1, 0.15) is 23.3 Å². The summed E-state index contributed by atoms with van der Waals surface area (Å²) >= 11 is 0. The largest absolute Gasteiger partial charge is 0.337 e. The Kier molecular flexibility index (Phi) is 5.28. The van der Waals surface area contributed by atoms with E-state index >= 15 is 0 Å². The van der Waals surface area contributed by atoms with Crippen LogP contribution in [0.25, 0.3) is 5.52 Å². The zero-order valence-electron chi connectivity index (χ0n) is 14.6. The van der Waals surface area contributed by atoms with Gasteiger partial charge >= 0.3 is 0 Å². The Morgan fingerprint density at radius 2 is 1.85 bits per heavy atom. The Labute approximate surface area is 159 Å². The van der Waals surface area contributed by atoms with Crippen LogP contribution in [-0.2, 0) is 9.84 Å². The minimum Gasteiger partial charge on any atom is -0.337 e.